The van der Waals surface area contributed by atoms with E-state index >= 15 is 0 Å². The molecule has 0 bridgehead atoms. The number of alkyl carbamates (subject to hydrolysis) is 1. The van der Waals surface area contributed by atoms with E-state index in [-0.39, 0.29) is 18.9 Å². The monoisotopic (exact) mass is 402 g/mol. The Labute approximate surface area is 172 Å². The highest BCUT2D eigenvalue weighted by atomic mass is 16.6. The van der Waals surface area contributed by atoms with Crippen molar-refractivity contribution in [3.63, 3.8) is 0 Å². The second-order valence-corrected chi connectivity index (χ2v) is 7.88. The molecule has 0 saturated carbocycles. The largest absolute Gasteiger partial charge is 0.456 e. The van der Waals surface area contributed by atoms with Crippen LogP contribution in [-0.4, -0.2) is 54.7 Å². The van der Waals surface area contributed by atoms with Crippen LogP contribution in [0.25, 0.3) is 5.57 Å². The van der Waals surface area contributed by atoms with Gasteiger partial charge in [0.05, 0.1) is 0 Å². The summed E-state index contributed by atoms with van der Waals surface area (Å²) in [6.45, 7) is 6.51. The van der Waals surface area contributed by atoms with Crippen LogP contribution in [0, 0.1) is 0 Å². The second-order valence-electron chi connectivity index (χ2n) is 7.88. The first kappa shape index (κ1) is 22.5. The minimum absolute atomic E-state index is 0.126. The first-order valence-electron chi connectivity index (χ1n) is 9.89. The number of hydrogen-bond donors (Lipinski definition) is 1. The van der Waals surface area contributed by atoms with Gasteiger partial charge in [0.1, 0.15) is 5.60 Å². The van der Waals surface area contributed by atoms with Crippen molar-refractivity contribution in [1.29, 1.82) is 0 Å². The number of nitrogens with zero attached hydrogens (tertiary/aromatic N) is 1. The fourth-order valence-corrected chi connectivity index (χ4v) is 2.85. The summed E-state index contributed by atoms with van der Waals surface area (Å²) in [6.07, 6.45) is 2.84. The molecule has 158 valence electrons. The van der Waals surface area contributed by atoms with E-state index in [0.717, 1.165) is 6.42 Å². The van der Waals surface area contributed by atoms with Crippen molar-refractivity contribution in [3.8, 4) is 0 Å². The van der Waals surface area contributed by atoms with Crippen molar-refractivity contribution in [2.24, 2.45) is 0 Å². The molecule has 1 aromatic rings. The van der Waals surface area contributed by atoms with E-state index in [0.29, 0.717) is 26.1 Å². The zero-order valence-electron chi connectivity index (χ0n) is 17.4. The Morgan fingerprint density at radius 1 is 1.14 bits per heavy atom. The van der Waals surface area contributed by atoms with Gasteiger partial charge in [0.2, 0.25) is 0 Å². The maximum absolute atomic E-state index is 12.2. The van der Waals surface area contributed by atoms with E-state index in [1.54, 1.807) is 25.7 Å². The van der Waals surface area contributed by atoms with Crippen LogP contribution in [0.5, 0.6) is 0 Å². The van der Waals surface area contributed by atoms with Crippen molar-refractivity contribution in [1.82, 2.24) is 10.2 Å². The van der Waals surface area contributed by atoms with Gasteiger partial charge in [0.25, 0.3) is 5.91 Å². The van der Waals surface area contributed by atoms with Gasteiger partial charge >= 0.3 is 12.1 Å². The molecule has 0 radical (unpaired) electrons. The Balaban J connectivity index is 1.62. The molecule has 7 heteroatoms. The topological polar surface area (TPSA) is 84.9 Å². The number of carbonyl (C=O) groups excluding carboxylic acids is 3. The van der Waals surface area contributed by atoms with E-state index in [4.69, 9.17) is 9.47 Å². The molecule has 1 aliphatic heterocycles. The molecule has 0 aromatic heterocycles. The van der Waals surface area contributed by atoms with Gasteiger partial charge < -0.3 is 19.7 Å². The van der Waals surface area contributed by atoms with Crippen LogP contribution >= 0.6 is 0 Å². The van der Waals surface area contributed by atoms with E-state index in [1.807, 2.05) is 24.3 Å². The van der Waals surface area contributed by atoms with E-state index in [2.05, 4.69) is 17.4 Å². The Morgan fingerprint density at radius 3 is 2.48 bits per heavy atom. The quantitative estimate of drug-likeness (QED) is 0.559. The van der Waals surface area contributed by atoms with Gasteiger partial charge in [0, 0.05) is 26.1 Å². The highest BCUT2D eigenvalue weighted by molar-refractivity contribution is 5.82. The second kappa shape index (κ2) is 10.6. The molecule has 2 amide bonds. The normalized spacial score (nSPS) is 14.0. The zero-order chi connectivity index (χ0) is 21.3. The summed E-state index contributed by atoms with van der Waals surface area (Å²) in [5.41, 5.74) is 1.84. The molecule has 0 saturated heterocycles. The van der Waals surface area contributed by atoms with Crippen LogP contribution in [0.15, 0.2) is 36.4 Å². The lowest BCUT2D eigenvalue weighted by Crippen LogP contribution is -2.37. The molecule has 29 heavy (non-hydrogen) atoms. The van der Waals surface area contributed by atoms with Crippen molar-refractivity contribution in [2.45, 2.75) is 45.6 Å². The molecular formula is C22H30N2O5. The molecule has 1 heterocycles. The molecule has 0 unspecified atom stereocenters. The number of rotatable bonds is 7. The van der Waals surface area contributed by atoms with E-state index in [9.17, 15) is 14.4 Å². The third kappa shape index (κ3) is 8.37. The number of carbonyl (C=O) groups is 3. The Bertz CT molecular complexity index is 737. The third-order valence-corrected chi connectivity index (χ3v) is 4.29. The SMILES string of the molecule is CC(C)(C)OC(=O)NCCCC(=O)OCC(=O)N1CC=C(c2ccccc2)CC1. The molecule has 1 N–H and O–H groups in total. The van der Waals surface area contributed by atoms with Crippen LogP contribution in [0.4, 0.5) is 4.79 Å². The van der Waals surface area contributed by atoms with E-state index in [1.165, 1.54) is 11.1 Å². The maximum Gasteiger partial charge on any atom is 0.407 e. The van der Waals surface area contributed by atoms with Gasteiger partial charge in [-0.25, -0.2) is 4.79 Å². The number of esters is 1. The minimum atomic E-state index is -0.561. The van der Waals surface area contributed by atoms with Crippen molar-refractivity contribution in [3.05, 3.63) is 42.0 Å². The van der Waals surface area contributed by atoms with E-state index < -0.39 is 17.7 Å². The number of hydrogen-bond acceptors (Lipinski definition) is 5. The van der Waals surface area contributed by atoms with Crippen molar-refractivity contribution in [2.75, 3.05) is 26.2 Å². The van der Waals surface area contributed by atoms with Gasteiger partial charge in [-0.05, 0) is 44.7 Å². The third-order valence-electron chi connectivity index (χ3n) is 4.29. The lowest BCUT2D eigenvalue weighted by molar-refractivity contribution is -0.151. The summed E-state index contributed by atoms with van der Waals surface area (Å²) in [4.78, 5) is 37.2. The van der Waals surface area contributed by atoms with Crippen LogP contribution < -0.4 is 5.32 Å². The molecule has 7 nitrogen and oxygen atoms in total. The number of nitrogens with one attached hydrogen (secondary N) is 1. The molecule has 0 atom stereocenters. The Hall–Kier alpha value is -2.83. The predicted molar refractivity (Wildman–Crippen MR) is 110 cm³/mol. The summed E-state index contributed by atoms with van der Waals surface area (Å²) in [7, 11) is 0. The Morgan fingerprint density at radius 2 is 1.86 bits per heavy atom. The maximum atomic E-state index is 12.2. The minimum Gasteiger partial charge on any atom is -0.456 e. The fourth-order valence-electron chi connectivity index (χ4n) is 2.85. The highest BCUT2D eigenvalue weighted by Gasteiger charge is 2.19. The summed E-state index contributed by atoms with van der Waals surface area (Å²) in [5.74, 6) is -0.657. The number of amides is 2. The van der Waals surface area contributed by atoms with Gasteiger partial charge in [-0.1, -0.05) is 36.4 Å². The van der Waals surface area contributed by atoms with Gasteiger partial charge in [-0.2, -0.15) is 0 Å². The zero-order valence-corrected chi connectivity index (χ0v) is 17.4. The van der Waals surface area contributed by atoms with Crippen molar-refractivity contribution < 1.29 is 23.9 Å². The smallest absolute Gasteiger partial charge is 0.407 e. The van der Waals surface area contributed by atoms with Gasteiger partial charge in [-0.15, -0.1) is 0 Å². The Kier molecular flexibility index (Phi) is 8.24. The van der Waals surface area contributed by atoms with Crippen LogP contribution in [-0.2, 0) is 19.1 Å². The van der Waals surface area contributed by atoms with Gasteiger partial charge in [0.15, 0.2) is 6.61 Å². The number of ether oxygens (including phenoxy) is 2. The highest BCUT2D eigenvalue weighted by Crippen LogP contribution is 2.21. The standard InChI is InChI=1S/C22H30N2O5/c1-22(2,3)29-21(27)23-13-7-10-20(26)28-16-19(25)24-14-11-18(12-15-24)17-8-5-4-6-9-17/h4-6,8-9,11H,7,10,12-16H2,1-3H3,(H,23,27). The number of benzene rings is 1. The molecule has 0 aliphatic carbocycles. The molecule has 0 spiro atoms. The fraction of sp³-hybridized carbons (Fsp3) is 0.500. The summed E-state index contributed by atoms with van der Waals surface area (Å²) in [6, 6.07) is 10.1. The first-order chi connectivity index (χ1) is 13.7. The van der Waals surface area contributed by atoms with Gasteiger partial charge in [-0.3, -0.25) is 9.59 Å². The molecule has 2 rings (SSSR count). The average Bonchev–Trinajstić information content (AvgIpc) is 2.69. The van der Waals surface area contributed by atoms with Crippen molar-refractivity contribution >= 4 is 23.5 Å². The molecule has 1 aliphatic rings. The average molecular weight is 402 g/mol. The predicted octanol–water partition coefficient (Wildman–Crippen LogP) is 3.15. The summed E-state index contributed by atoms with van der Waals surface area (Å²) >= 11 is 0. The lowest BCUT2D eigenvalue weighted by atomic mass is 10.00. The molecule has 1 aromatic carbocycles. The van der Waals surface area contributed by atoms with Crippen LogP contribution in [0.3, 0.4) is 0 Å². The van der Waals surface area contributed by atoms with Crippen LogP contribution in [0.1, 0.15) is 45.6 Å². The summed E-state index contributed by atoms with van der Waals surface area (Å²) in [5, 5.41) is 2.58. The molecule has 0 fully saturated rings. The first-order valence-corrected chi connectivity index (χ1v) is 9.89. The molecular weight excluding hydrogens is 372 g/mol. The summed E-state index contributed by atoms with van der Waals surface area (Å²) < 4.78 is 10.2. The van der Waals surface area contributed by atoms with Crippen LogP contribution in [0.2, 0.25) is 0 Å². The lowest BCUT2D eigenvalue weighted by Gasteiger charge is -2.26.